The van der Waals surface area contributed by atoms with Crippen LogP contribution in [-0.2, 0) is 0 Å². The molecule has 1 saturated carbocycles. The van der Waals surface area contributed by atoms with Gasteiger partial charge in [-0.2, -0.15) is 0 Å². The molecule has 0 aliphatic heterocycles. The number of hydrogen-bond acceptors (Lipinski definition) is 1. The van der Waals surface area contributed by atoms with Crippen molar-refractivity contribution in [3.8, 4) is 0 Å². The van der Waals surface area contributed by atoms with Gasteiger partial charge in [-0.1, -0.05) is 29.5 Å². The van der Waals surface area contributed by atoms with E-state index in [2.05, 4.69) is 36.4 Å². The van der Waals surface area contributed by atoms with Gasteiger partial charge in [0.2, 0.25) is 0 Å². The summed E-state index contributed by atoms with van der Waals surface area (Å²) in [6.07, 6.45) is 4.20. The van der Waals surface area contributed by atoms with Crippen LogP contribution in [0.25, 0.3) is 0 Å². The smallest absolute Gasteiger partial charge is 0.0138 e. The Kier molecular flexibility index (Phi) is 3.62. The lowest BCUT2D eigenvalue weighted by atomic mass is 9.78. The van der Waals surface area contributed by atoms with Crippen molar-refractivity contribution in [2.75, 3.05) is 0 Å². The molecule has 1 rings (SSSR count). The van der Waals surface area contributed by atoms with Crippen LogP contribution < -0.4 is 5.73 Å². The SMILES string of the molecule is C[C@H](N)[C@@H](C)C[C@@H]1CC[C@@H]1I. The number of rotatable bonds is 3. The monoisotopic (exact) mass is 267 g/mol. The van der Waals surface area contributed by atoms with Crippen LogP contribution in [0.1, 0.15) is 33.1 Å². The van der Waals surface area contributed by atoms with Crippen LogP contribution in [0, 0.1) is 11.8 Å². The summed E-state index contributed by atoms with van der Waals surface area (Å²) in [5.41, 5.74) is 5.81. The summed E-state index contributed by atoms with van der Waals surface area (Å²) in [6, 6.07) is 0.374. The number of hydrogen-bond donors (Lipinski definition) is 1. The van der Waals surface area contributed by atoms with Gasteiger partial charge >= 0.3 is 0 Å². The normalized spacial score (nSPS) is 36.0. The molecule has 4 atom stereocenters. The Balaban J connectivity index is 2.19. The lowest BCUT2D eigenvalue weighted by Gasteiger charge is -2.35. The summed E-state index contributed by atoms with van der Waals surface area (Å²) in [5.74, 6) is 1.68. The second-order valence-corrected chi connectivity index (χ2v) is 5.53. The van der Waals surface area contributed by atoms with Crippen molar-refractivity contribution in [1.29, 1.82) is 0 Å². The van der Waals surface area contributed by atoms with Crippen LogP contribution in [0.3, 0.4) is 0 Å². The van der Waals surface area contributed by atoms with E-state index >= 15 is 0 Å². The first-order valence-electron chi connectivity index (χ1n) is 4.51. The quantitative estimate of drug-likeness (QED) is 0.617. The van der Waals surface area contributed by atoms with Gasteiger partial charge in [0.15, 0.2) is 0 Å². The highest BCUT2D eigenvalue weighted by atomic mass is 127. The summed E-state index contributed by atoms with van der Waals surface area (Å²) in [6.45, 7) is 4.39. The average molecular weight is 267 g/mol. The molecule has 2 heteroatoms. The van der Waals surface area contributed by atoms with Crippen LogP contribution in [-0.4, -0.2) is 9.97 Å². The van der Waals surface area contributed by atoms with Crippen molar-refractivity contribution in [3.05, 3.63) is 0 Å². The van der Waals surface area contributed by atoms with Crippen molar-refractivity contribution in [3.63, 3.8) is 0 Å². The topological polar surface area (TPSA) is 26.0 Å². The third kappa shape index (κ3) is 2.58. The molecule has 1 aliphatic rings. The molecule has 0 spiro atoms. The van der Waals surface area contributed by atoms with E-state index in [9.17, 15) is 0 Å². The lowest BCUT2D eigenvalue weighted by molar-refractivity contribution is 0.263. The third-order valence-electron chi connectivity index (χ3n) is 2.90. The zero-order valence-electron chi connectivity index (χ0n) is 7.39. The van der Waals surface area contributed by atoms with E-state index in [0.717, 1.165) is 9.84 Å². The van der Waals surface area contributed by atoms with Crippen molar-refractivity contribution in [2.45, 2.75) is 43.1 Å². The predicted octanol–water partition coefficient (Wildman–Crippen LogP) is 2.57. The molecule has 1 fully saturated rings. The molecular formula is C9H18IN. The molecule has 0 unspecified atom stereocenters. The second-order valence-electron chi connectivity index (χ2n) is 3.93. The van der Waals surface area contributed by atoms with Crippen LogP contribution in [0.5, 0.6) is 0 Å². The van der Waals surface area contributed by atoms with Crippen LogP contribution >= 0.6 is 22.6 Å². The van der Waals surface area contributed by atoms with Crippen LogP contribution in [0.15, 0.2) is 0 Å². The predicted molar refractivity (Wildman–Crippen MR) is 58.0 cm³/mol. The van der Waals surface area contributed by atoms with E-state index in [1.54, 1.807) is 0 Å². The fraction of sp³-hybridized carbons (Fsp3) is 1.00. The fourth-order valence-corrected chi connectivity index (χ4v) is 2.50. The lowest BCUT2D eigenvalue weighted by Crippen LogP contribution is -2.32. The highest BCUT2D eigenvalue weighted by Crippen LogP contribution is 2.38. The van der Waals surface area contributed by atoms with Gasteiger partial charge in [-0.3, -0.25) is 0 Å². The minimum Gasteiger partial charge on any atom is -0.328 e. The Bertz CT molecular complexity index is 120. The third-order valence-corrected chi connectivity index (χ3v) is 4.54. The van der Waals surface area contributed by atoms with E-state index in [-0.39, 0.29) is 0 Å². The van der Waals surface area contributed by atoms with Gasteiger partial charge in [-0.25, -0.2) is 0 Å². The highest BCUT2D eigenvalue weighted by molar-refractivity contribution is 14.1. The van der Waals surface area contributed by atoms with Gasteiger partial charge < -0.3 is 5.73 Å². The number of nitrogens with two attached hydrogens (primary N) is 1. The molecule has 0 aromatic heterocycles. The van der Waals surface area contributed by atoms with Crippen molar-refractivity contribution in [2.24, 2.45) is 17.6 Å². The number of halogens is 1. The van der Waals surface area contributed by atoms with Crippen molar-refractivity contribution >= 4 is 22.6 Å². The van der Waals surface area contributed by atoms with Gasteiger partial charge in [-0.15, -0.1) is 0 Å². The molecule has 0 aromatic carbocycles. The molecule has 1 aliphatic carbocycles. The molecule has 1 nitrogen and oxygen atoms in total. The molecule has 0 amide bonds. The maximum Gasteiger partial charge on any atom is 0.0138 e. The molecule has 0 heterocycles. The molecule has 11 heavy (non-hydrogen) atoms. The molecule has 66 valence electrons. The summed E-state index contributed by atoms with van der Waals surface area (Å²) in [4.78, 5) is 0. The first-order valence-corrected chi connectivity index (χ1v) is 5.75. The van der Waals surface area contributed by atoms with E-state index in [4.69, 9.17) is 5.73 Å². The molecule has 2 N–H and O–H groups in total. The first-order chi connectivity index (χ1) is 5.11. The average Bonchev–Trinajstić information content (AvgIpc) is 1.96. The Morgan fingerprint density at radius 3 is 2.36 bits per heavy atom. The summed E-state index contributed by atoms with van der Waals surface area (Å²) in [7, 11) is 0. The highest BCUT2D eigenvalue weighted by Gasteiger charge is 2.29. The minimum absolute atomic E-state index is 0.374. The second kappa shape index (κ2) is 4.08. The minimum atomic E-state index is 0.374. The van der Waals surface area contributed by atoms with Gasteiger partial charge in [0.1, 0.15) is 0 Å². The Morgan fingerprint density at radius 2 is 2.09 bits per heavy atom. The zero-order valence-corrected chi connectivity index (χ0v) is 9.54. The molecule has 0 bridgehead atoms. The van der Waals surface area contributed by atoms with Gasteiger partial charge in [0, 0.05) is 9.97 Å². The fourth-order valence-electron chi connectivity index (χ4n) is 1.49. The van der Waals surface area contributed by atoms with Gasteiger partial charge in [0.25, 0.3) is 0 Å². The van der Waals surface area contributed by atoms with Gasteiger partial charge in [-0.05, 0) is 38.0 Å². The standard InChI is InChI=1S/C9H18IN/c1-6(7(2)11)5-8-3-4-9(8)10/h6-9H,3-5,11H2,1-2H3/t6-,7-,8-,9-/m0/s1. The van der Waals surface area contributed by atoms with E-state index in [1.165, 1.54) is 19.3 Å². The maximum atomic E-state index is 5.81. The summed E-state index contributed by atoms with van der Waals surface area (Å²) < 4.78 is 0.939. The Labute approximate surface area is 83.3 Å². The summed E-state index contributed by atoms with van der Waals surface area (Å²) in [5, 5.41) is 0. The molecule has 0 saturated heterocycles. The van der Waals surface area contributed by atoms with Gasteiger partial charge in [0.05, 0.1) is 0 Å². The Morgan fingerprint density at radius 1 is 1.45 bits per heavy atom. The first kappa shape index (κ1) is 9.78. The molecule has 0 radical (unpaired) electrons. The van der Waals surface area contributed by atoms with Crippen LogP contribution in [0.4, 0.5) is 0 Å². The van der Waals surface area contributed by atoms with Crippen molar-refractivity contribution in [1.82, 2.24) is 0 Å². The Hall–Kier alpha value is 0.690. The largest absolute Gasteiger partial charge is 0.328 e. The van der Waals surface area contributed by atoms with E-state index in [0.29, 0.717) is 12.0 Å². The van der Waals surface area contributed by atoms with Crippen LogP contribution in [0.2, 0.25) is 0 Å². The zero-order chi connectivity index (χ0) is 8.43. The van der Waals surface area contributed by atoms with E-state index < -0.39 is 0 Å². The van der Waals surface area contributed by atoms with Crippen molar-refractivity contribution < 1.29 is 0 Å². The molecular weight excluding hydrogens is 249 g/mol. The summed E-state index contributed by atoms with van der Waals surface area (Å²) >= 11 is 2.57. The molecule has 0 aromatic rings. The van der Waals surface area contributed by atoms with E-state index in [1.807, 2.05) is 0 Å². The maximum absolute atomic E-state index is 5.81. The number of alkyl halides is 1.